The van der Waals surface area contributed by atoms with Crippen LogP contribution in [0.25, 0.3) is 0 Å². The van der Waals surface area contributed by atoms with Gasteiger partial charge in [0, 0.05) is 10.9 Å². The zero-order valence-corrected chi connectivity index (χ0v) is 10.4. The van der Waals surface area contributed by atoms with Crippen LogP contribution in [-0.2, 0) is 9.53 Å². The van der Waals surface area contributed by atoms with Gasteiger partial charge in [-0.3, -0.25) is 4.79 Å². The van der Waals surface area contributed by atoms with E-state index < -0.39 is 17.5 Å². The Morgan fingerprint density at radius 1 is 1.35 bits per heavy atom. The fourth-order valence-electron chi connectivity index (χ4n) is 2.31. The molecule has 3 nitrogen and oxygen atoms in total. The SMILES string of the molecule is CC1(C)OC(=O)[C@H](C#N)[C@@H]1c1ccc(Cl)cc1. The van der Waals surface area contributed by atoms with E-state index in [-0.39, 0.29) is 5.92 Å². The molecule has 1 fully saturated rings. The van der Waals surface area contributed by atoms with Gasteiger partial charge in [0.25, 0.3) is 0 Å². The van der Waals surface area contributed by atoms with E-state index in [4.69, 9.17) is 21.6 Å². The van der Waals surface area contributed by atoms with Gasteiger partial charge in [0.1, 0.15) is 5.60 Å². The van der Waals surface area contributed by atoms with Crippen LogP contribution in [0.3, 0.4) is 0 Å². The van der Waals surface area contributed by atoms with Gasteiger partial charge in [0.05, 0.1) is 6.07 Å². The lowest BCUT2D eigenvalue weighted by atomic mass is 9.79. The number of carbonyl (C=O) groups is 1. The summed E-state index contributed by atoms with van der Waals surface area (Å²) in [5, 5.41) is 9.71. The molecule has 1 heterocycles. The molecule has 0 amide bonds. The summed E-state index contributed by atoms with van der Waals surface area (Å²) >= 11 is 5.83. The van der Waals surface area contributed by atoms with Crippen molar-refractivity contribution in [2.75, 3.05) is 0 Å². The minimum absolute atomic E-state index is 0.253. The van der Waals surface area contributed by atoms with E-state index in [1.165, 1.54) is 0 Å². The Balaban J connectivity index is 2.45. The zero-order chi connectivity index (χ0) is 12.6. The fraction of sp³-hybridized carbons (Fsp3) is 0.385. The Bertz CT molecular complexity index is 487. The highest BCUT2D eigenvalue weighted by molar-refractivity contribution is 6.30. The second kappa shape index (κ2) is 4.05. The van der Waals surface area contributed by atoms with Crippen molar-refractivity contribution in [3.8, 4) is 6.07 Å². The van der Waals surface area contributed by atoms with Crippen molar-refractivity contribution in [3.05, 3.63) is 34.9 Å². The lowest BCUT2D eigenvalue weighted by Crippen LogP contribution is -2.27. The largest absolute Gasteiger partial charge is 0.458 e. The molecule has 0 bridgehead atoms. The van der Waals surface area contributed by atoms with Gasteiger partial charge in [0.2, 0.25) is 0 Å². The number of ether oxygens (including phenoxy) is 1. The van der Waals surface area contributed by atoms with Crippen molar-refractivity contribution in [2.24, 2.45) is 5.92 Å². The number of nitrogens with zero attached hydrogens (tertiary/aromatic N) is 1. The third kappa shape index (κ3) is 2.01. The summed E-state index contributed by atoms with van der Waals surface area (Å²) in [4.78, 5) is 11.6. The quantitative estimate of drug-likeness (QED) is 0.719. The monoisotopic (exact) mass is 249 g/mol. The highest BCUT2D eigenvalue weighted by Crippen LogP contribution is 2.44. The average Bonchev–Trinajstić information content (AvgIpc) is 2.49. The first kappa shape index (κ1) is 11.9. The maximum atomic E-state index is 11.6. The molecule has 88 valence electrons. The van der Waals surface area contributed by atoms with Crippen LogP contribution in [0.5, 0.6) is 0 Å². The van der Waals surface area contributed by atoms with Crippen molar-refractivity contribution in [1.29, 1.82) is 5.26 Å². The highest BCUT2D eigenvalue weighted by atomic mass is 35.5. The molecule has 0 aromatic heterocycles. The summed E-state index contributed by atoms with van der Waals surface area (Å²) in [5.74, 6) is -1.44. The molecule has 2 rings (SSSR count). The maximum absolute atomic E-state index is 11.6. The number of cyclic esters (lactones) is 1. The average molecular weight is 250 g/mol. The molecule has 0 aliphatic carbocycles. The van der Waals surface area contributed by atoms with Gasteiger partial charge >= 0.3 is 5.97 Å². The number of nitriles is 1. The van der Waals surface area contributed by atoms with E-state index in [9.17, 15) is 4.79 Å². The molecular formula is C13H12ClNO2. The molecule has 0 saturated carbocycles. The number of hydrogen-bond donors (Lipinski definition) is 0. The van der Waals surface area contributed by atoms with Gasteiger partial charge in [-0.2, -0.15) is 5.26 Å². The minimum atomic E-state index is -0.744. The normalized spacial score (nSPS) is 26.4. The predicted molar refractivity (Wildman–Crippen MR) is 63.5 cm³/mol. The van der Waals surface area contributed by atoms with Crippen LogP contribution in [0.1, 0.15) is 25.3 Å². The Morgan fingerprint density at radius 3 is 2.47 bits per heavy atom. The van der Waals surface area contributed by atoms with E-state index in [1.54, 1.807) is 12.1 Å². The molecular weight excluding hydrogens is 238 g/mol. The number of carbonyl (C=O) groups excluding carboxylic acids is 1. The first-order valence-corrected chi connectivity index (χ1v) is 5.71. The lowest BCUT2D eigenvalue weighted by molar-refractivity contribution is -0.147. The van der Waals surface area contributed by atoms with Crippen molar-refractivity contribution >= 4 is 17.6 Å². The molecule has 0 N–H and O–H groups in total. The summed E-state index contributed by atoms with van der Waals surface area (Å²) in [6, 6.07) is 9.20. The summed E-state index contributed by atoms with van der Waals surface area (Å²) in [7, 11) is 0. The van der Waals surface area contributed by atoms with Crippen LogP contribution >= 0.6 is 11.6 Å². The summed E-state index contributed by atoms with van der Waals surface area (Å²) in [5.41, 5.74) is 0.238. The topological polar surface area (TPSA) is 50.1 Å². The molecule has 1 aromatic rings. The Hall–Kier alpha value is -1.53. The Kier molecular flexibility index (Phi) is 2.84. The van der Waals surface area contributed by atoms with Crippen molar-refractivity contribution in [3.63, 3.8) is 0 Å². The third-order valence-electron chi connectivity index (χ3n) is 3.07. The van der Waals surface area contributed by atoms with Crippen LogP contribution in [0, 0.1) is 17.2 Å². The van der Waals surface area contributed by atoms with Crippen molar-refractivity contribution < 1.29 is 9.53 Å². The zero-order valence-electron chi connectivity index (χ0n) is 9.61. The predicted octanol–water partition coefficient (Wildman–Crippen LogP) is 2.90. The number of esters is 1. The second-order valence-electron chi connectivity index (χ2n) is 4.66. The van der Waals surface area contributed by atoms with E-state index in [0.717, 1.165) is 5.56 Å². The maximum Gasteiger partial charge on any atom is 0.324 e. The van der Waals surface area contributed by atoms with E-state index >= 15 is 0 Å². The number of benzene rings is 1. The van der Waals surface area contributed by atoms with Crippen LogP contribution in [0.2, 0.25) is 5.02 Å². The first-order valence-electron chi connectivity index (χ1n) is 5.33. The molecule has 1 aliphatic heterocycles. The minimum Gasteiger partial charge on any atom is -0.458 e. The molecule has 0 spiro atoms. The lowest BCUT2D eigenvalue weighted by Gasteiger charge is -2.25. The molecule has 0 radical (unpaired) electrons. The summed E-state index contributed by atoms with van der Waals surface area (Å²) < 4.78 is 5.26. The molecule has 17 heavy (non-hydrogen) atoms. The van der Waals surface area contributed by atoms with Crippen molar-refractivity contribution in [2.45, 2.75) is 25.4 Å². The standard InChI is InChI=1S/C13H12ClNO2/c1-13(2)11(10(7-15)12(16)17-13)8-3-5-9(14)6-4-8/h3-6,10-11H,1-2H3/t10-,11+/m1/s1. The van der Waals surface area contributed by atoms with Crippen LogP contribution < -0.4 is 0 Å². The number of halogens is 1. The van der Waals surface area contributed by atoms with Crippen LogP contribution in [0.15, 0.2) is 24.3 Å². The molecule has 1 aliphatic rings. The fourth-order valence-corrected chi connectivity index (χ4v) is 2.44. The van der Waals surface area contributed by atoms with Crippen LogP contribution in [0.4, 0.5) is 0 Å². The molecule has 0 unspecified atom stereocenters. The Morgan fingerprint density at radius 2 is 1.94 bits per heavy atom. The van der Waals surface area contributed by atoms with Crippen LogP contribution in [-0.4, -0.2) is 11.6 Å². The van der Waals surface area contributed by atoms with Gasteiger partial charge in [-0.05, 0) is 31.5 Å². The summed E-state index contributed by atoms with van der Waals surface area (Å²) in [6.07, 6.45) is 0. The van der Waals surface area contributed by atoms with E-state index in [1.807, 2.05) is 32.0 Å². The van der Waals surface area contributed by atoms with Gasteiger partial charge in [0.15, 0.2) is 5.92 Å². The van der Waals surface area contributed by atoms with E-state index in [2.05, 4.69) is 0 Å². The van der Waals surface area contributed by atoms with Gasteiger partial charge < -0.3 is 4.74 Å². The van der Waals surface area contributed by atoms with Crippen molar-refractivity contribution in [1.82, 2.24) is 0 Å². The number of rotatable bonds is 1. The first-order chi connectivity index (χ1) is 7.95. The molecule has 1 saturated heterocycles. The molecule has 2 atom stereocenters. The molecule has 4 heteroatoms. The smallest absolute Gasteiger partial charge is 0.324 e. The second-order valence-corrected chi connectivity index (χ2v) is 5.10. The number of hydrogen-bond acceptors (Lipinski definition) is 3. The van der Waals surface area contributed by atoms with Gasteiger partial charge in [-0.1, -0.05) is 23.7 Å². The highest BCUT2D eigenvalue weighted by Gasteiger charge is 2.50. The third-order valence-corrected chi connectivity index (χ3v) is 3.32. The van der Waals surface area contributed by atoms with Gasteiger partial charge in [-0.15, -0.1) is 0 Å². The summed E-state index contributed by atoms with van der Waals surface area (Å²) in [6.45, 7) is 3.64. The van der Waals surface area contributed by atoms with E-state index in [0.29, 0.717) is 5.02 Å². The molecule has 1 aromatic carbocycles. The Labute approximate surface area is 105 Å². The van der Waals surface area contributed by atoms with Gasteiger partial charge in [-0.25, -0.2) is 0 Å².